The quantitative estimate of drug-likeness (QED) is 0.763. The second kappa shape index (κ2) is 5.27. The molecule has 0 radical (unpaired) electrons. The van der Waals surface area contributed by atoms with Crippen molar-refractivity contribution in [2.45, 2.75) is 13.0 Å². The molecule has 1 aromatic rings. The van der Waals surface area contributed by atoms with Gasteiger partial charge in [0.15, 0.2) is 0 Å². The van der Waals surface area contributed by atoms with E-state index < -0.39 is 0 Å². The molecule has 2 rings (SSSR count). The van der Waals surface area contributed by atoms with Crippen LogP contribution in [-0.2, 0) is 4.74 Å². The van der Waals surface area contributed by atoms with Gasteiger partial charge in [0.2, 0.25) is 0 Å². The highest BCUT2D eigenvalue weighted by molar-refractivity contribution is 5.96. The maximum atomic E-state index is 11.6. The Morgan fingerprint density at radius 3 is 3.00 bits per heavy atom. The Morgan fingerprint density at radius 1 is 1.56 bits per heavy atom. The predicted molar refractivity (Wildman–Crippen MR) is 71.9 cm³/mol. The van der Waals surface area contributed by atoms with Gasteiger partial charge >= 0.3 is 0 Å². The Labute approximate surface area is 107 Å². The molecule has 1 fully saturated rings. The van der Waals surface area contributed by atoms with Crippen molar-refractivity contribution in [1.29, 1.82) is 0 Å². The van der Waals surface area contributed by atoms with Crippen molar-refractivity contribution < 1.29 is 9.53 Å². The summed E-state index contributed by atoms with van der Waals surface area (Å²) >= 11 is 0. The van der Waals surface area contributed by atoms with E-state index in [2.05, 4.69) is 17.1 Å². The maximum absolute atomic E-state index is 11.6. The molecule has 1 unspecified atom stereocenters. The number of anilines is 2. The van der Waals surface area contributed by atoms with Gasteiger partial charge in [0.05, 0.1) is 24.6 Å². The van der Waals surface area contributed by atoms with Crippen LogP contribution >= 0.6 is 0 Å². The van der Waals surface area contributed by atoms with Crippen molar-refractivity contribution >= 4 is 17.3 Å². The minimum absolute atomic E-state index is 0.0998. The van der Waals surface area contributed by atoms with Gasteiger partial charge in [0, 0.05) is 25.2 Å². The van der Waals surface area contributed by atoms with Crippen molar-refractivity contribution in [2.24, 2.45) is 0 Å². The molecule has 1 amide bonds. The Balaban J connectivity index is 2.33. The van der Waals surface area contributed by atoms with Crippen LogP contribution in [0.5, 0.6) is 0 Å². The molecule has 0 bridgehead atoms. The molecular formula is C13H19N3O2. The Kier molecular flexibility index (Phi) is 3.72. The molecule has 1 saturated heterocycles. The fourth-order valence-corrected chi connectivity index (χ4v) is 2.16. The van der Waals surface area contributed by atoms with Crippen molar-refractivity contribution in [2.75, 3.05) is 37.4 Å². The highest BCUT2D eigenvalue weighted by Gasteiger charge is 2.21. The van der Waals surface area contributed by atoms with Gasteiger partial charge in [-0.1, -0.05) is 0 Å². The largest absolute Gasteiger partial charge is 0.397 e. The Morgan fingerprint density at radius 2 is 2.33 bits per heavy atom. The van der Waals surface area contributed by atoms with Crippen molar-refractivity contribution in [3.8, 4) is 0 Å². The molecule has 5 heteroatoms. The van der Waals surface area contributed by atoms with Gasteiger partial charge in [-0.2, -0.15) is 0 Å². The number of benzene rings is 1. The third kappa shape index (κ3) is 2.41. The first-order valence-electron chi connectivity index (χ1n) is 6.09. The summed E-state index contributed by atoms with van der Waals surface area (Å²) < 4.78 is 5.41. The lowest BCUT2D eigenvalue weighted by Crippen LogP contribution is -2.44. The molecule has 0 saturated carbocycles. The van der Waals surface area contributed by atoms with Gasteiger partial charge < -0.3 is 20.7 Å². The Hall–Kier alpha value is -1.75. The molecule has 0 spiro atoms. The average Bonchev–Trinajstić information content (AvgIpc) is 2.39. The molecule has 1 heterocycles. The van der Waals surface area contributed by atoms with Gasteiger partial charge in [-0.3, -0.25) is 4.79 Å². The van der Waals surface area contributed by atoms with E-state index in [0.29, 0.717) is 24.5 Å². The van der Waals surface area contributed by atoms with Crippen molar-refractivity contribution in [3.63, 3.8) is 0 Å². The number of carbonyl (C=O) groups excluding carboxylic acids is 1. The number of carbonyl (C=O) groups is 1. The van der Waals surface area contributed by atoms with E-state index in [4.69, 9.17) is 10.5 Å². The number of ether oxygens (including phenoxy) is 1. The smallest absolute Gasteiger partial charge is 0.251 e. The lowest BCUT2D eigenvalue weighted by Gasteiger charge is -2.36. The first kappa shape index (κ1) is 12.7. The van der Waals surface area contributed by atoms with Crippen LogP contribution in [0.4, 0.5) is 11.4 Å². The summed E-state index contributed by atoms with van der Waals surface area (Å²) in [4.78, 5) is 13.8. The second-order valence-corrected chi connectivity index (χ2v) is 4.47. The number of nitrogens with two attached hydrogens (primary N) is 1. The maximum Gasteiger partial charge on any atom is 0.251 e. The third-order valence-corrected chi connectivity index (χ3v) is 3.20. The van der Waals surface area contributed by atoms with Gasteiger partial charge in [0.25, 0.3) is 5.91 Å². The van der Waals surface area contributed by atoms with Crippen LogP contribution in [0.1, 0.15) is 17.3 Å². The molecule has 1 aliphatic rings. The number of hydrogen-bond acceptors (Lipinski definition) is 4. The zero-order valence-electron chi connectivity index (χ0n) is 10.8. The topological polar surface area (TPSA) is 67.6 Å². The van der Waals surface area contributed by atoms with Crippen LogP contribution in [0.25, 0.3) is 0 Å². The van der Waals surface area contributed by atoms with E-state index in [1.54, 1.807) is 19.2 Å². The summed E-state index contributed by atoms with van der Waals surface area (Å²) in [5, 5.41) is 2.62. The zero-order chi connectivity index (χ0) is 13.1. The summed E-state index contributed by atoms with van der Waals surface area (Å²) in [7, 11) is 1.62. The number of morpholine rings is 1. The summed E-state index contributed by atoms with van der Waals surface area (Å²) in [6.07, 6.45) is 0. The SMILES string of the molecule is CNC(=O)c1ccc(N)c(N2CCOCC2C)c1. The molecule has 1 atom stereocenters. The summed E-state index contributed by atoms with van der Waals surface area (Å²) in [6, 6.07) is 5.63. The van der Waals surface area contributed by atoms with Crippen molar-refractivity contribution in [3.05, 3.63) is 23.8 Å². The minimum Gasteiger partial charge on any atom is -0.397 e. The monoisotopic (exact) mass is 249 g/mol. The predicted octanol–water partition coefficient (Wildman–Crippen LogP) is 0.853. The number of hydrogen-bond donors (Lipinski definition) is 2. The zero-order valence-corrected chi connectivity index (χ0v) is 10.8. The molecule has 18 heavy (non-hydrogen) atoms. The molecule has 0 aromatic heterocycles. The van der Waals surface area contributed by atoms with Crippen LogP contribution in [0.3, 0.4) is 0 Å². The molecule has 5 nitrogen and oxygen atoms in total. The van der Waals surface area contributed by atoms with E-state index in [1.807, 2.05) is 6.07 Å². The van der Waals surface area contributed by atoms with E-state index in [-0.39, 0.29) is 11.9 Å². The minimum atomic E-state index is -0.0998. The molecule has 1 aromatic carbocycles. The van der Waals surface area contributed by atoms with E-state index >= 15 is 0 Å². The van der Waals surface area contributed by atoms with Gasteiger partial charge in [-0.05, 0) is 25.1 Å². The van der Waals surface area contributed by atoms with Crippen LogP contribution in [0.2, 0.25) is 0 Å². The van der Waals surface area contributed by atoms with Crippen LogP contribution in [-0.4, -0.2) is 38.8 Å². The number of nitrogens with zero attached hydrogens (tertiary/aromatic N) is 1. The van der Waals surface area contributed by atoms with E-state index in [9.17, 15) is 4.79 Å². The van der Waals surface area contributed by atoms with E-state index in [1.165, 1.54) is 0 Å². The first-order chi connectivity index (χ1) is 8.63. The first-order valence-corrected chi connectivity index (χ1v) is 6.09. The average molecular weight is 249 g/mol. The highest BCUT2D eigenvalue weighted by atomic mass is 16.5. The fourth-order valence-electron chi connectivity index (χ4n) is 2.16. The normalized spacial score (nSPS) is 19.7. The summed E-state index contributed by atoms with van der Waals surface area (Å²) in [5.41, 5.74) is 8.24. The molecule has 1 aliphatic heterocycles. The molecule has 0 aliphatic carbocycles. The number of nitrogen functional groups attached to an aromatic ring is 1. The lowest BCUT2D eigenvalue weighted by atomic mass is 10.1. The standard InChI is InChI=1S/C13H19N3O2/c1-9-8-18-6-5-16(9)12-7-10(13(17)15-2)3-4-11(12)14/h3-4,7,9H,5-6,8,14H2,1-2H3,(H,15,17). The Bertz CT molecular complexity index is 448. The van der Waals surface area contributed by atoms with Crippen LogP contribution in [0, 0.1) is 0 Å². The fraction of sp³-hybridized carbons (Fsp3) is 0.462. The van der Waals surface area contributed by atoms with E-state index in [0.717, 1.165) is 12.2 Å². The number of amides is 1. The summed E-state index contributed by atoms with van der Waals surface area (Å²) in [5.74, 6) is -0.0998. The van der Waals surface area contributed by atoms with Crippen LogP contribution < -0.4 is 16.0 Å². The number of nitrogens with one attached hydrogen (secondary N) is 1. The second-order valence-electron chi connectivity index (χ2n) is 4.47. The number of rotatable bonds is 2. The lowest BCUT2D eigenvalue weighted by molar-refractivity contribution is 0.0962. The third-order valence-electron chi connectivity index (χ3n) is 3.20. The molecule has 3 N–H and O–H groups in total. The summed E-state index contributed by atoms with van der Waals surface area (Å²) in [6.45, 7) is 4.26. The van der Waals surface area contributed by atoms with Gasteiger partial charge in [-0.25, -0.2) is 0 Å². The van der Waals surface area contributed by atoms with Crippen molar-refractivity contribution in [1.82, 2.24) is 5.32 Å². The molecule has 98 valence electrons. The van der Waals surface area contributed by atoms with Gasteiger partial charge in [-0.15, -0.1) is 0 Å². The van der Waals surface area contributed by atoms with Gasteiger partial charge in [0.1, 0.15) is 0 Å². The highest BCUT2D eigenvalue weighted by Crippen LogP contribution is 2.27. The van der Waals surface area contributed by atoms with Crippen LogP contribution in [0.15, 0.2) is 18.2 Å². The molecular weight excluding hydrogens is 230 g/mol.